The van der Waals surface area contributed by atoms with Crippen molar-refractivity contribution in [1.82, 2.24) is 10.3 Å². The van der Waals surface area contributed by atoms with Crippen molar-refractivity contribution in [2.45, 2.75) is 13.0 Å². The number of nitrogens with zero attached hydrogens (tertiary/aromatic N) is 1. The number of carbonyl (C=O) groups is 1. The molecule has 0 aliphatic rings. The number of amides is 1. The van der Waals surface area contributed by atoms with Crippen LogP contribution in [0.2, 0.25) is 0 Å². The summed E-state index contributed by atoms with van der Waals surface area (Å²) >= 11 is 0. The first-order valence-corrected chi connectivity index (χ1v) is 7.16. The Morgan fingerprint density at radius 2 is 1.91 bits per heavy atom. The molecule has 0 unspecified atom stereocenters. The van der Waals surface area contributed by atoms with Crippen molar-refractivity contribution in [2.24, 2.45) is 0 Å². The molecule has 3 nitrogen and oxygen atoms in total. The van der Waals surface area contributed by atoms with Gasteiger partial charge in [-0.2, -0.15) is 0 Å². The van der Waals surface area contributed by atoms with Crippen LogP contribution in [0.1, 0.15) is 28.9 Å². The van der Waals surface area contributed by atoms with E-state index in [4.69, 9.17) is 0 Å². The molecule has 5 heteroatoms. The summed E-state index contributed by atoms with van der Waals surface area (Å²) in [6.07, 6.45) is 1.66. The third-order valence-electron chi connectivity index (χ3n) is 3.68. The zero-order valence-corrected chi connectivity index (χ0v) is 12.4. The Kier molecular flexibility index (Phi) is 4.02. The summed E-state index contributed by atoms with van der Waals surface area (Å²) in [5, 5.41) is 3.54. The lowest BCUT2D eigenvalue weighted by Gasteiger charge is -2.15. The normalized spacial score (nSPS) is 12.1. The molecule has 0 bridgehead atoms. The minimum absolute atomic E-state index is 0.291. The Hall–Kier alpha value is -2.82. The summed E-state index contributed by atoms with van der Waals surface area (Å²) in [6, 6.07) is 12.0. The highest BCUT2D eigenvalue weighted by atomic mass is 19.2. The molecule has 3 rings (SSSR count). The van der Waals surface area contributed by atoms with E-state index in [-0.39, 0.29) is 5.91 Å². The monoisotopic (exact) mass is 312 g/mol. The summed E-state index contributed by atoms with van der Waals surface area (Å²) in [5.74, 6) is -2.13. The van der Waals surface area contributed by atoms with Gasteiger partial charge in [-0.15, -0.1) is 0 Å². The maximum Gasteiger partial charge on any atom is 0.252 e. The molecule has 0 saturated carbocycles. The fraction of sp³-hybridized carbons (Fsp3) is 0.111. The van der Waals surface area contributed by atoms with Crippen LogP contribution < -0.4 is 5.32 Å². The van der Waals surface area contributed by atoms with Gasteiger partial charge in [0, 0.05) is 17.1 Å². The van der Waals surface area contributed by atoms with Crippen molar-refractivity contribution in [1.29, 1.82) is 0 Å². The van der Waals surface area contributed by atoms with Gasteiger partial charge < -0.3 is 5.32 Å². The van der Waals surface area contributed by atoms with Crippen molar-refractivity contribution >= 4 is 16.8 Å². The summed E-state index contributed by atoms with van der Waals surface area (Å²) in [5.41, 5.74) is 1.71. The van der Waals surface area contributed by atoms with Gasteiger partial charge in [-0.3, -0.25) is 9.78 Å². The van der Waals surface area contributed by atoms with E-state index in [1.54, 1.807) is 31.3 Å². The van der Waals surface area contributed by atoms with E-state index in [0.717, 1.165) is 23.0 Å². The van der Waals surface area contributed by atoms with Gasteiger partial charge in [-0.05, 0) is 42.8 Å². The smallest absolute Gasteiger partial charge is 0.252 e. The summed E-state index contributed by atoms with van der Waals surface area (Å²) in [7, 11) is 0. The lowest BCUT2D eigenvalue weighted by Crippen LogP contribution is -2.27. The molecule has 1 atom stereocenters. The molecule has 1 amide bonds. The number of rotatable bonds is 3. The molecule has 2 aromatic carbocycles. The summed E-state index contributed by atoms with van der Waals surface area (Å²) in [4.78, 5) is 16.7. The van der Waals surface area contributed by atoms with E-state index in [2.05, 4.69) is 10.3 Å². The highest BCUT2D eigenvalue weighted by Crippen LogP contribution is 2.19. The Morgan fingerprint density at radius 3 is 2.70 bits per heavy atom. The number of halogens is 2. The van der Waals surface area contributed by atoms with E-state index in [1.807, 2.05) is 12.1 Å². The third kappa shape index (κ3) is 3.04. The number of pyridine rings is 1. The standard InChI is InChI=1S/C18H14F2N2O/c1-11(12-7-8-15(19)16(20)10-12)22-18(23)14-4-2-6-17-13(14)5-3-9-21-17/h2-11H,1H3,(H,22,23)/t11-/m1/s1. The number of hydrogen-bond donors (Lipinski definition) is 1. The van der Waals surface area contributed by atoms with Gasteiger partial charge in [-0.1, -0.05) is 18.2 Å². The Balaban J connectivity index is 1.87. The molecule has 0 spiro atoms. The molecular weight excluding hydrogens is 298 g/mol. The van der Waals surface area contributed by atoms with Gasteiger partial charge >= 0.3 is 0 Å². The minimum Gasteiger partial charge on any atom is -0.345 e. The molecule has 0 aliphatic carbocycles. The van der Waals surface area contributed by atoms with E-state index in [0.29, 0.717) is 11.1 Å². The van der Waals surface area contributed by atoms with Crippen LogP contribution in [-0.4, -0.2) is 10.9 Å². The third-order valence-corrected chi connectivity index (χ3v) is 3.68. The van der Waals surface area contributed by atoms with E-state index in [9.17, 15) is 13.6 Å². The lowest BCUT2D eigenvalue weighted by atomic mass is 10.1. The predicted octanol–water partition coefficient (Wildman–Crippen LogP) is 4.00. The second-order valence-corrected chi connectivity index (χ2v) is 5.24. The molecule has 1 heterocycles. The maximum atomic E-state index is 13.3. The quantitative estimate of drug-likeness (QED) is 0.794. The van der Waals surface area contributed by atoms with Crippen LogP contribution in [0.25, 0.3) is 10.9 Å². The van der Waals surface area contributed by atoms with Gasteiger partial charge in [0.05, 0.1) is 11.6 Å². The average molecular weight is 312 g/mol. The molecule has 1 aromatic heterocycles. The SMILES string of the molecule is C[C@@H](NC(=O)c1cccc2ncccc12)c1ccc(F)c(F)c1. The predicted molar refractivity (Wildman–Crippen MR) is 84.0 cm³/mol. The molecule has 116 valence electrons. The summed E-state index contributed by atoms with van der Waals surface area (Å²) < 4.78 is 26.3. The van der Waals surface area contributed by atoms with Crippen LogP contribution in [-0.2, 0) is 0 Å². The maximum absolute atomic E-state index is 13.3. The highest BCUT2D eigenvalue weighted by Gasteiger charge is 2.15. The molecule has 1 N–H and O–H groups in total. The Morgan fingerprint density at radius 1 is 1.09 bits per heavy atom. The fourth-order valence-electron chi connectivity index (χ4n) is 2.44. The number of aromatic nitrogens is 1. The van der Waals surface area contributed by atoms with E-state index < -0.39 is 17.7 Å². The van der Waals surface area contributed by atoms with Gasteiger partial charge in [0.15, 0.2) is 11.6 Å². The highest BCUT2D eigenvalue weighted by molar-refractivity contribution is 6.06. The molecule has 3 aromatic rings. The van der Waals surface area contributed by atoms with Crippen molar-refractivity contribution in [3.05, 3.63) is 77.5 Å². The number of nitrogens with one attached hydrogen (secondary N) is 1. The summed E-state index contributed by atoms with van der Waals surface area (Å²) in [6.45, 7) is 1.72. The van der Waals surface area contributed by atoms with Crippen LogP contribution in [0.5, 0.6) is 0 Å². The van der Waals surface area contributed by atoms with Gasteiger partial charge in [0.2, 0.25) is 0 Å². The molecule has 0 radical (unpaired) electrons. The van der Waals surface area contributed by atoms with Crippen molar-refractivity contribution in [3.8, 4) is 0 Å². The Labute approximate surface area is 132 Å². The van der Waals surface area contributed by atoms with E-state index >= 15 is 0 Å². The molecule has 0 saturated heterocycles. The molecule has 0 fully saturated rings. The zero-order chi connectivity index (χ0) is 16.4. The fourth-order valence-corrected chi connectivity index (χ4v) is 2.44. The number of fused-ring (bicyclic) bond motifs is 1. The van der Waals surface area contributed by atoms with E-state index in [1.165, 1.54) is 6.07 Å². The number of carbonyl (C=O) groups excluding carboxylic acids is 1. The van der Waals surface area contributed by atoms with Crippen molar-refractivity contribution in [2.75, 3.05) is 0 Å². The second kappa shape index (κ2) is 6.12. The van der Waals surface area contributed by atoms with Crippen LogP contribution in [0.15, 0.2) is 54.7 Å². The van der Waals surface area contributed by atoms with Crippen LogP contribution in [0.4, 0.5) is 8.78 Å². The Bertz CT molecular complexity index is 875. The van der Waals surface area contributed by atoms with Crippen LogP contribution in [0, 0.1) is 11.6 Å². The largest absolute Gasteiger partial charge is 0.345 e. The van der Waals surface area contributed by atoms with Crippen molar-refractivity contribution in [3.63, 3.8) is 0 Å². The lowest BCUT2D eigenvalue weighted by molar-refractivity contribution is 0.0941. The molecular formula is C18H14F2N2O. The van der Waals surface area contributed by atoms with Gasteiger partial charge in [0.25, 0.3) is 5.91 Å². The minimum atomic E-state index is -0.932. The van der Waals surface area contributed by atoms with Gasteiger partial charge in [-0.25, -0.2) is 8.78 Å². The van der Waals surface area contributed by atoms with Crippen molar-refractivity contribution < 1.29 is 13.6 Å². The first kappa shape index (κ1) is 15.1. The molecule has 0 aliphatic heterocycles. The number of hydrogen-bond acceptors (Lipinski definition) is 2. The first-order chi connectivity index (χ1) is 11.1. The molecule has 23 heavy (non-hydrogen) atoms. The van der Waals surface area contributed by atoms with Crippen LogP contribution in [0.3, 0.4) is 0 Å². The topological polar surface area (TPSA) is 42.0 Å². The first-order valence-electron chi connectivity index (χ1n) is 7.16. The van der Waals surface area contributed by atoms with Crippen LogP contribution >= 0.6 is 0 Å². The second-order valence-electron chi connectivity index (χ2n) is 5.24. The average Bonchev–Trinajstić information content (AvgIpc) is 2.56. The zero-order valence-electron chi connectivity index (χ0n) is 12.4. The van der Waals surface area contributed by atoms with Gasteiger partial charge in [0.1, 0.15) is 0 Å². The number of benzene rings is 2.